The van der Waals surface area contributed by atoms with Gasteiger partial charge in [-0.2, -0.15) is 0 Å². The van der Waals surface area contributed by atoms with Crippen LogP contribution in [-0.4, -0.2) is 28.3 Å². The number of hydrogen-bond donors (Lipinski definition) is 3. The Bertz CT molecular complexity index is 1120. The first-order valence-electron chi connectivity index (χ1n) is 9.56. The van der Waals surface area contributed by atoms with E-state index in [1.807, 2.05) is 19.9 Å². The predicted molar refractivity (Wildman–Crippen MR) is 111 cm³/mol. The van der Waals surface area contributed by atoms with Gasteiger partial charge in [-0.3, -0.25) is 9.59 Å². The molecule has 0 fully saturated rings. The second kappa shape index (κ2) is 7.90. The van der Waals surface area contributed by atoms with E-state index in [4.69, 9.17) is 0 Å². The smallest absolute Gasteiger partial charge is 0.255 e. The fraction of sp³-hybridized carbons (Fsp3) is 0.182. The van der Waals surface area contributed by atoms with Crippen LogP contribution in [0.4, 0.5) is 15.9 Å². The zero-order valence-corrected chi connectivity index (χ0v) is 16.5. The number of benzene rings is 1. The van der Waals surface area contributed by atoms with Crippen molar-refractivity contribution in [2.24, 2.45) is 0 Å². The van der Waals surface area contributed by atoms with E-state index in [0.29, 0.717) is 46.1 Å². The van der Waals surface area contributed by atoms with E-state index >= 15 is 0 Å². The third-order valence-electron chi connectivity index (χ3n) is 4.84. The number of aryl methyl sites for hydroxylation is 1. The minimum Gasteiger partial charge on any atom is -0.352 e. The lowest BCUT2D eigenvalue weighted by atomic mass is 10.0. The number of halogens is 1. The number of aromatic nitrogens is 2. The maximum absolute atomic E-state index is 14.5. The van der Waals surface area contributed by atoms with Crippen molar-refractivity contribution in [2.75, 3.05) is 11.9 Å². The highest BCUT2D eigenvalue weighted by molar-refractivity contribution is 6.04. The lowest BCUT2D eigenvalue weighted by molar-refractivity contribution is 0.0951. The summed E-state index contributed by atoms with van der Waals surface area (Å²) in [5.74, 6) is -0.392. The van der Waals surface area contributed by atoms with Gasteiger partial charge >= 0.3 is 0 Å². The van der Waals surface area contributed by atoms with Gasteiger partial charge in [-0.05, 0) is 43.7 Å². The molecule has 0 atom stereocenters. The molecule has 0 saturated heterocycles. The van der Waals surface area contributed by atoms with Crippen LogP contribution >= 0.6 is 0 Å². The van der Waals surface area contributed by atoms with Gasteiger partial charge in [0, 0.05) is 18.3 Å². The molecule has 3 N–H and O–H groups in total. The minimum atomic E-state index is -0.380. The molecule has 4 rings (SSSR count). The van der Waals surface area contributed by atoms with Crippen LogP contribution in [0.2, 0.25) is 0 Å². The second-order valence-electron chi connectivity index (χ2n) is 6.91. The molecule has 3 heterocycles. The summed E-state index contributed by atoms with van der Waals surface area (Å²) in [7, 11) is 0. The molecule has 8 heteroatoms. The van der Waals surface area contributed by atoms with E-state index in [9.17, 15) is 14.0 Å². The Balaban J connectivity index is 1.73. The van der Waals surface area contributed by atoms with Crippen molar-refractivity contribution in [3.63, 3.8) is 0 Å². The molecule has 2 aromatic heterocycles. The van der Waals surface area contributed by atoms with Gasteiger partial charge in [0.15, 0.2) is 0 Å². The first kappa shape index (κ1) is 19.5. The van der Waals surface area contributed by atoms with Gasteiger partial charge in [0.2, 0.25) is 0 Å². The Kier molecular flexibility index (Phi) is 5.14. The van der Waals surface area contributed by atoms with Gasteiger partial charge in [0.05, 0.1) is 34.7 Å². The average Bonchev–Trinajstić information content (AvgIpc) is 3.10. The van der Waals surface area contributed by atoms with Crippen molar-refractivity contribution < 1.29 is 14.0 Å². The molecule has 0 bridgehead atoms. The summed E-state index contributed by atoms with van der Waals surface area (Å²) < 4.78 is 14.5. The van der Waals surface area contributed by atoms with Crippen LogP contribution in [0.15, 0.2) is 42.6 Å². The first-order valence-corrected chi connectivity index (χ1v) is 9.56. The number of amides is 2. The van der Waals surface area contributed by atoms with Gasteiger partial charge in [-0.25, -0.2) is 14.4 Å². The number of nitrogens with zero attached hydrogens (tertiary/aromatic N) is 2. The van der Waals surface area contributed by atoms with E-state index in [0.717, 1.165) is 5.56 Å². The van der Waals surface area contributed by atoms with E-state index in [2.05, 4.69) is 25.9 Å². The number of nitrogens with one attached hydrogen (secondary N) is 3. The number of pyridine rings is 2. The van der Waals surface area contributed by atoms with Crippen LogP contribution in [0.5, 0.6) is 0 Å². The van der Waals surface area contributed by atoms with Crippen LogP contribution in [0.1, 0.15) is 38.9 Å². The lowest BCUT2D eigenvalue weighted by Crippen LogP contribution is -2.22. The van der Waals surface area contributed by atoms with Crippen molar-refractivity contribution in [1.82, 2.24) is 20.6 Å². The number of anilines is 2. The van der Waals surface area contributed by atoms with Crippen LogP contribution in [-0.2, 0) is 6.54 Å². The van der Waals surface area contributed by atoms with Gasteiger partial charge in [0.25, 0.3) is 11.8 Å². The van der Waals surface area contributed by atoms with E-state index in [-0.39, 0.29) is 24.2 Å². The fourth-order valence-electron chi connectivity index (χ4n) is 3.42. The third kappa shape index (κ3) is 3.59. The summed E-state index contributed by atoms with van der Waals surface area (Å²) in [5.41, 5.74) is 3.43. The molecule has 0 radical (unpaired) electrons. The van der Waals surface area contributed by atoms with Gasteiger partial charge in [-0.1, -0.05) is 12.1 Å². The Labute approximate surface area is 172 Å². The summed E-state index contributed by atoms with van der Waals surface area (Å²) in [6.07, 6.45) is 1.46. The molecule has 1 aromatic carbocycles. The Morgan fingerprint density at radius 3 is 2.77 bits per heavy atom. The normalized spacial score (nSPS) is 12.3. The zero-order valence-electron chi connectivity index (χ0n) is 16.5. The monoisotopic (exact) mass is 405 g/mol. The summed E-state index contributed by atoms with van der Waals surface area (Å²) in [4.78, 5) is 33.0. The third-order valence-corrected chi connectivity index (χ3v) is 4.84. The lowest BCUT2D eigenvalue weighted by Gasteiger charge is -2.13. The van der Waals surface area contributed by atoms with Crippen molar-refractivity contribution in [3.05, 3.63) is 70.8 Å². The summed E-state index contributed by atoms with van der Waals surface area (Å²) in [6.45, 7) is 4.44. The van der Waals surface area contributed by atoms with Crippen molar-refractivity contribution in [1.29, 1.82) is 0 Å². The fourth-order valence-corrected chi connectivity index (χ4v) is 3.42. The SMILES string of the molecule is CCNC(=O)c1ccc(Nc2cc(-c3c(C)cccc3F)nc3c2C(=O)NC3)nc1. The topological polar surface area (TPSA) is 96.0 Å². The highest BCUT2D eigenvalue weighted by atomic mass is 19.1. The Morgan fingerprint density at radius 1 is 1.23 bits per heavy atom. The number of hydrogen-bond acceptors (Lipinski definition) is 5. The summed E-state index contributed by atoms with van der Waals surface area (Å²) in [5, 5.41) is 8.58. The van der Waals surface area contributed by atoms with Gasteiger partial charge < -0.3 is 16.0 Å². The summed E-state index contributed by atoms with van der Waals surface area (Å²) in [6, 6.07) is 9.78. The molecule has 2 amide bonds. The molecule has 0 spiro atoms. The van der Waals surface area contributed by atoms with Crippen molar-refractivity contribution in [3.8, 4) is 11.3 Å². The molecule has 152 valence electrons. The molecular formula is C22H20FN5O2. The van der Waals surface area contributed by atoms with Crippen LogP contribution in [0, 0.1) is 12.7 Å². The van der Waals surface area contributed by atoms with Crippen LogP contribution in [0.25, 0.3) is 11.3 Å². The van der Waals surface area contributed by atoms with Crippen LogP contribution in [0.3, 0.4) is 0 Å². The molecule has 3 aromatic rings. The van der Waals surface area contributed by atoms with Crippen molar-refractivity contribution in [2.45, 2.75) is 20.4 Å². The molecular weight excluding hydrogens is 385 g/mol. The second-order valence-corrected chi connectivity index (χ2v) is 6.91. The summed E-state index contributed by atoms with van der Waals surface area (Å²) >= 11 is 0. The average molecular weight is 405 g/mol. The molecule has 0 saturated carbocycles. The minimum absolute atomic E-state index is 0.210. The largest absolute Gasteiger partial charge is 0.352 e. The molecule has 7 nitrogen and oxygen atoms in total. The van der Waals surface area contributed by atoms with E-state index in [1.54, 1.807) is 24.3 Å². The molecule has 0 unspecified atom stereocenters. The van der Waals surface area contributed by atoms with E-state index in [1.165, 1.54) is 12.3 Å². The van der Waals surface area contributed by atoms with Gasteiger partial charge in [0.1, 0.15) is 11.6 Å². The molecule has 1 aliphatic heterocycles. The standard InChI is InChI=1S/C22H20FN5O2/c1-3-24-21(29)13-7-8-18(25-10-13)28-16-9-15(19-12(2)5-4-6-14(19)23)27-17-11-26-22(30)20(16)17/h4-10H,3,11H2,1-2H3,(H,24,29)(H,26,30)(H,25,27,28). The molecule has 1 aliphatic rings. The van der Waals surface area contributed by atoms with Crippen LogP contribution < -0.4 is 16.0 Å². The quantitative estimate of drug-likeness (QED) is 0.605. The highest BCUT2D eigenvalue weighted by Crippen LogP contribution is 2.33. The highest BCUT2D eigenvalue weighted by Gasteiger charge is 2.26. The number of carbonyl (C=O) groups excluding carboxylic acids is 2. The van der Waals surface area contributed by atoms with E-state index < -0.39 is 0 Å². The first-order chi connectivity index (χ1) is 14.5. The molecule has 30 heavy (non-hydrogen) atoms. The maximum Gasteiger partial charge on any atom is 0.255 e. The van der Waals surface area contributed by atoms with Gasteiger partial charge in [-0.15, -0.1) is 0 Å². The maximum atomic E-state index is 14.5. The number of carbonyl (C=O) groups is 2. The Morgan fingerprint density at radius 2 is 2.07 bits per heavy atom. The number of rotatable bonds is 5. The van der Waals surface area contributed by atoms with Crippen molar-refractivity contribution >= 4 is 23.3 Å². The number of fused-ring (bicyclic) bond motifs is 1. The zero-order chi connectivity index (χ0) is 21.3. The Hall–Kier alpha value is -3.81. The molecule has 0 aliphatic carbocycles. The predicted octanol–water partition coefficient (Wildman–Crippen LogP) is 3.33.